The van der Waals surface area contributed by atoms with E-state index in [0.29, 0.717) is 5.92 Å². The van der Waals surface area contributed by atoms with Gasteiger partial charge in [-0.05, 0) is 37.2 Å². The van der Waals surface area contributed by atoms with Crippen LogP contribution in [0.3, 0.4) is 0 Å². The lowest BCUT2D eigenvalue weighted by molar-refractivity contribution is -0.162. The summed E-state index contributed by atoms with van der Waals surface area (Å²) in [7, 11) is -6.19. The highest BCUT2D eigenvalue weighted by Gasteiger charge is 2.48. The summed E-state index contributed by atoms with van der Waals surface area (Å²) in [6.07, 6.45) is 3.84. The average Bonchev–Trinajstić information content (AvgIpc) is 3.23. The van der Waals surface area contributed by atoms with Crippen LogP contribution in [0.25, 0.3) is 0 Å². The minimum atomic E-state index is -6.19. The minimum Gasteiger partial charge on any atom is -0.743 e. The largest absolute Gasteiger partial charge is 0.743 e. The Morgan fingerprint density at radius 1 is 1.19 bits per heavy atom. The summed E-state index contributed by atoms with van der Waals surface area (Å²) >= 11 is 0. The fourth-order valence-electron chi connectivity index (χ4n) is 3.77. The molecule has 2 saturated carbocycles. The summed E-state index contributed by atoms with van der Waals surface area (Å²) in [6, 6.07) is 5.84. The molecule has 0 aliphatic heterocycles. The molecule has 0 heterocycles. The number of carbonyl (C=O) groups is 2. The highest BCUT2D eigenvalue weighted by atomic mass is 32.2. The molecule has 2 bridgehead atoms. The molecule has 0 radical (unpaired) electrons. The van der Waals surface area contributed by atoms with E-state index >= 15 is 0 Å². The van der Waals surface area contributed by atoms with Crippen LogP contribution < -0.4 is 4.74 Å². The predicted octanol–water partition coefficient (Wildman–Crippen LogP) is 2.21. The van der Waals surface area contributed by atoms with Gasteiger partial charge in [-0.15, -0.1) is 0 Å². The Morgan fingerprint density at radius 3 is 2.48 bits per heavy atom. The second kappa shape index (κ2) is 7.16. The topological polar surface area (TPSA) is 110 Å². The standard InChI is InChI=1S/C17H18F2O7S/c18-17(19,27(22,23)24)16(21)25-9-12-3-1-2-4-14(12)26-15(20)13-8-10-5-6-11(13)7-10/h1-4,10-11,13H,5-9H2,(H,22,23,24)/p-1. The van der Waals surface area contributed by atoms with E-state index in [9.17, 15) is 31.3 Å². The van der Waals surface area contributed by atoms with Gasteiger partial charge in [0.15, 0.2) is 10.1 Å². The van der Waals surface area contributed by atoms with E-state index in [1.807, 2.05) is 0 Å². The molecule has 1 aromatic carbocycles. The number of benzene rings is 1. The van der Waals surface area contributed by atoms with Crippen LogP contribution in [-0.2, 0) is 31.1 Å². The quantitative estimate of drug-likeness (QED) is 0.407. The molecule has 2 aliphatic carbocycles. The summed E-state index contributed by atoms with van der Waals surface area (Å²) in [5.74, 6) is -2.27. The van der Waals surface area contributed by atoms with Crippen LogP contribution in [0.5, 0.6) is 5.75 Å². The van der Waals surface area contributed by atoms with Crippen LogP contribution in [0.2, 0.25) is 0 Å². The highest BCUT2D eigenvalue weighted by Crippen LogP contribution is 2.48. The van der Waals surface area contributed by atoms with Crippen molar-refractivity contribution in [3.63, 3.8) is 0 Å². The van der Waals surface area contributed by atoms with Gasteiger partial charge in [-0.25, -0.2) is 13.2 Å². The zero-order valence-corrected chi connectivity index (χ0v) is 14.9. The average molecular weight is 403 g/mol. The third kappa shape index (κ3) is 3.96. The Bertz CT molecular complexity index is 853. The zero-order valence-electron chi connectivity index (χ0n) is 14.1. The van der Waals surface area contributed by atoms with E-state index in [2.05, 4.69) is 4.74 Å². The van der Waals surface area contributed by atoms with Crippen molar-refractivity contribution >= 4 is 22.1 Å². The van der Waals surface area contributed by atoms with Crippen molar-refractivity contribution in [3.8, 4) is 5.75 Å². The second-order valence-corrected chi connectivity index (χ2v) is 8.28. The third-order valence-electron chi connectivity index (χ3n) is 5.13. The van der Waals surface area contributed by atoms with Crippen molar-refractivity contribution in [1.29, 1.82) is 0 Å². The molecule has 148 valence electrons. The number of rotatable bonds is 6. The fourth-order valence-corrected chi connectivity index (χ4v) is 4.03. The Kier molecular flexibility index (Phi) is 5.22. The second-order valence-electron chi connectivity index (χ2n) is 6.86. The number of alkyl halides is 2. The Morgan fingerprint density at radius 2 is 1.89 bits per heavy atom. The van der Waals surface area contributed by atoms with Crippen molar-refractivity contribution < 1.29 is 40.8 Å². The number of ether oxygens (including phenoxy) is 2. The number of esters is 2. The van der Waals surface area contributed by atoms with E-state index in [-0.39, 0.29) is 23.1 Å². The van der Waals surface area contributed by atoms with Crippen molar-refractivity contribution in [3.05, 3.63) is 29.8 Å². The molecule has 1 aromatic rings. The monoisotopic (exact) mass is 403 g/mol. The highest BCUT2D eigenvalue weighted by molar-refractivity contribution is 7.87. The fraction of sp³-hybridized carbons (Fsp3) is 0.529. The molecular weight excluding hydrogens is 386 g/mol. The van der Waals surface area contributed by atoms with Crippen LogP contribution >= 0.6 is 0 Å². The number of halogens is 2. The van der Waals surface area contributed by atoms with Crippen LogP contribution in [0.1, 0.15) is 31.2 Å². The minimum absolute atomic E-state index is 0.0337. The van der Waals surface area contributed by atoms with E-state index in [1.54, 1.807) is 6.07 Å². The number of para-hydroxylation sites is 1. The van der Waals surface area contributed by atoms with Crippen molar-refractivity contribution in [2.45, 2.75) is 37.5 Å². The van der Waals surface area contributed by atoms with Gasteiger partial charge in [-0.2, -0.15) is 8.78 Å². The summed E-state index contributed by atoms with van der Waals surface area (Å²) < 4.78 is 67.3. The maximum absolute atomic E-state index is 13.2. The van der Waals surface area contributed by atoms with Crippen LogP contribution in [0.4, 0.5) is 8.78 Å². The van der Waals surface area contributed by atoms with Gasteiger partial charge in [0.05, 0.1) is 5.92 Å². The lowest BCUT2D eigenvalue weighted by Crippen LogP contribution is -2.39. The predicted molar refractivity (Wildman–Crippen MR) is 85.5 cm³/mol. The molecular formula is C17H17F2O7S-. The summed E-state index contributed by atoms with van der Waals surface area (Å²) in [5.41, 5.74) is 0.0986. The summed E-state index contributed by atoms with van der Waals surface area (Å²) in [4.78, 5) is 23.7. The smallest absolute Gasteiger partial charge is 0.428 e. The number of carbonyl (C=O) groups excluding carboxylic acids is 2. The first kappa shape index (κ1) is 19.7. The molecule has 7 nitrogen and oxygen atoms in total. The molecule has 3 unspecified atom stereocenters. The van der Waals surface area contributed by atoms with Gasteiger partial charge >= 0.3 is 17.2 Å². The molecule has 2 aliphatic rings. The maximum Gasteiger partial charge on any atom is 0.428 e. The Balaban J connectivity index is 1.66. The van der Waals surface area contributed by atoms with Gasteiger partial charge in [0.2, 0.25) is 0 Å². The molecule has 10 heteroatoms. The van der Waals surface area contributed by atoms with E-state index < -0.39 is 33.9 Å². The van der Waals surface area contributed by atoms with Crippen LogP contribution in [-0.4, -0.2) is 30.2 Å². The van der Waals surface area contributed by atoms with Gasteiger partial charge in [0.1, 0.15) is 12.4 Å². The Labute approximate surface area is 154 Å². The van der Waals surface area contributed by atoms with Gasteiger partial charge < -0.3 is 14.0 Å². The Hall–Kier alpha value is -2.07. The van der Waals surface area contributed by atoms with E-state index in [0.717, 1.165) is 25.7 Å². The van der Waals surface area contributed by atoms with Crippen molar-refractivity contribution in [1.82, 2.24) is 0 Å². The molecule has 2 fully saturated rings. The van der Waals surface area contributed by atoms with Crippen LogP contribution in [0, 0.1) is 17.8 Å². The zero-order chi connectivity index (χ0) is 19.8. The molecule has 0 amide bonds. The van der Waals surface area contributed by atoms with E-state index in [4.69, 9.17) is 4.74 Å². The number of hydrogen-bond acceptors (Lipinski definition) is 7. The first-order valence-electron chi connectivity index (χ1n) is 8.39. The number of hydrogen-bond donors (Lipinski definition) is 0. The molecule has 0 N–H and O–H groups in total. The summed E-state index contributed by atoms with van der Waals surface area (Å²) in [6.45, 7) is -0.774. The molecule has 0 spiro atoms. The van der Waals surface area contributed by atoms with Gasteiger partial charge in [0.25, 0.3) is 0 Å². The SMILES string of the molecule is O=C(Oc1ccccc1COC(=O)C(F)(F)S(=O)(=O)[O-])C1CC2CCC1C2. The normalized spacial score (nSPS) is 24.6. The first-order chi connectivity index (χ1) is 12.6. The molecule has 0 aromatic heterocycles. The molecule has 3 atom stereocenters. The van der Waals surface area contributed by atoms with Gasteiger partial charge in [-0.3, -0.25) is 4.79 Å². The lowest BCUT2D eigenvalue weighted by Gasteiger charge is -2.21. The first-order valence-corrected chi connectivity index (χ1v) is 9.80. The molecule has 0 saturated heterocycles. The van der Waals surface area contributed by atoms with Gasteiger partial charge in [-0.1, -0.05) is 24.6 Å². The van der Waals surface area contributed by atoms with Crippen molar-refractivity contribution in [2.24, 2.45) is 17.8 Å². The lowest BCUT2D eigenvalue weighted by atomic mass is 9.89. The number of fused-ring (bicyclic) bond motifs is 2. The van der Waals surface area contributed by atoms with E-state index in [1.165, 1.54) is 18.2 Å². The van der Waals surface area contributed by atoms with Crippen LogP contribution in [0.15, 0.2) is 24.3 Å². The van der Waals surface area contributed by atoms with Gasteiger partial charge in [0, 0.05) is 5.56 Å². The molecule has 3 rings (SSSR count). The maximum atomic E-state index is 13.2. The summed E-state index contributed by atoms with van der Waals surface area (Å²) in [5, 5.41) is -5.19. The molecule has 27 heavy (non-hydrogen) atoms. The third-order valence-corrected chi connectivity index (χ3v) is 5.93. The van der Waals surface area contributed by atoms with Crippen molar-refractivity contribution in [2.75, 3.05) is 0 Å².